The number of nitroso groups, excluding NO2 is 1. The number of rotatable bonds is 5. The van der Waals surface area contributed by atoms with Gasteiger partial charge in [0.2, 0.25) is 0 Å². The molecule has 0 spiro atoms. The molecule has 1 aromatic rings. The maximum atomic E-state index is 10.8. The van der Waals surface area contributed by atoms with E-state index in [0.29, 0.717) is 17.1 Å². The zero-order valence-electron chi connectivity index (χ0n) is 9.35. The normalized spacial score (nSPS) is 10.2. The zero-order valence-corrected chi connectivity index (χ0v) is 9.35. The third-order valence-corrected chi connectivity index (χ3v) is 1.99. The van der Waals surface area contributed by atoms with Gasteiger partial charge < -0.3 is 14.9 Å². The van der Waals surface area contributed by atoms with Gasteiger partial charge in [0, 0.05) is 7.05 Å². The quantitative estimate of drug-likeness (QED) is 0.468. The molecule has 1 N–H and O–H groups in total. The monoisotopic (exact) mass is 223 g/mol. The van der Waals surface area contributed by atoms with E-state index >= 15 is 0 Å². The van der Waals surface area contributed by atoms with Crippen LogP contribution in [0.1, 0.15) is 5.56 Å². The van der Waals surface area contributed by atoms with Crippen molar-refractivity contribution in [1.29, 1.82) is 0 Å². The minimum Gasteiger partial charge on any atom is -0.496 e. The first-order valence-electron chi connectivity index (χ1n) is 4.56. The fourth-order valence-corrected chi connectivity index (χ4v) is 1.26. The highest BCUT2D eigenvalue weighted by Crippen LogP contribution is 2.36. The van der Waals surface area contributed by atoms with Gasteiger partial charge in [0.1, 0.15) is 11.5 Å². The lowest BCUT2D eigenvalue weighted by molar-refractivity contribution is 0.403. The molecule has 0 radical (unpaired) electrons. The van der Waals surface area contributed by atoms with E-state index in [9.17, 15) is 4.91 Å². The van der Waals surface area contributed by atoms with Gasteiger partial charge in [-0.25, -0.2) is 0 Å². The molecule has 0 saturated carbocycles. The molecule has 0 aromatic heterocycles. The topological polar surface area (TPSA) is 72.3 Å². The Kier molecular flexibility index (Phi) is 4.26. The van der Waals surface area contributed by atoms with Crippen LogP contribution in [-0.2, 0) is 0 Å². The molecule has 0 heterocycles. The molecule has 6 nitrogen and oxygen atoms in total. The molecule has 0 unspecified atom stereocenters. The van der Waals surface area contributed by atoms with Gasteiger partial charge in [-0.2, -0.15) is 5.10 Å². The number of nitrogens with zero attached hydrogens (tertiary/aromatic N) is 2. The van der Waals surface area contributed by atoms with Crippen LogP contribution in [0.25, 0.3) is 0 Å². The second kappa shape index (κ2) is 5.69. The third-order valence-electron chi connectivity index (χ3n) is 1.99. The highest BCUT2D eigenvalue weighted by atomic mass is 16.5. The van der Waals surface area contributed by atoms with Gasteiger partial charge in [-0.15, -0.1) is 4.91 Å². The van der Waals surface area contributed by atoms with Crippen molar-refractivity contribution in [2.75, 3.05) is 21.3 Å². The lowest BCUT2D eigenvalue weighted by atomic mass is 10.1. The van der Waals surface area contributed by atoms with E-state index in [2.05, 4.69) is 15.7 Å². The van der Waals surface area contributed by atoms with Gasteiger partial charge >= 0.3 is 0 Å². The molecule has 1 aromatic carbocycles. The summed E-state index contributed by atoms with van der Waals surface area (Å²) in [6.45, 7) is 0. The standard InChI is InChI=1S/C10H13N3O3/c1-11-12-6-7-8(15-2)4-5-9(16-3)10(7)13-14/h4-6,11H,1-3H3/b12-6+. The van der Waals surface area contributed by atoms with Crippen LogP contribution < -0.4 is 14.9 Å². The summed E-state index contributed by atoms with van der Waals surface area (Å²) >= 11 is 0. The smallest absolute Gasteiger partial charge is 0.162 e. The second-order valence-corrected chi connectivity index (χ2v) is 2.81. The predicted molar refractivity (Wildman–Crippen MR) is 61.7 cm³/mol. The van der Waals surface area contributed by atoms with Crippen molar-refractivity contribution in [1.82, 2.24) is 5.43 Å². The van der Waals surface area contributed by atoms with Crippen molar-refractivity contribution in [3.63, 3.8) is 0 Å². The van der Waals surface area contributed by atoms with E-state index in [0.717, 1.165) is 0 Å². The van der Waals surface area contributed by atoms with Crippen LogP contribution in [0.5, 0.6) is 11.5 Å². The SMILES string of the molecule is CN/N=C/c1c(OC)ccc(OC)c1N=O. The molecule has 6 heteroatoms. The number of hydrogen-bond acceptors (Lipinski definition) is 6. The molecule has 0 aliphatic heterocycles. The van der Waals surface area contributed by atoms with Crippen LogP contribution in [0.15, 0.2) is 22.4 Å². The van der Waals surface area contributed by atoms with E-state index in [-0.39, 0.29) is 5.69 Å². The Labute approximate surface area is 93.2 Å². The van der Waals surface area contributed by atoms with E-state index in [1.807, 2.05) is 0 Å². The summed E-state index contributed by atoms with van der Waals surface area (Å²) < 4.78 is 10.1. The van der Waals surface area contributed by atoms with E-state index in [4.69, 9.17) is 9.47 Å². The van der Waals surface area contributed by atoms with E-state index < -0.39 is 0 Å². The number of ether oxygens (including phenoxy) is 2. The molecular weight excluding hydrogens is 210 g/mol. The van der Waals surface area contributed by atoms with Gasteiger partial charge in [-0.05, 0) is 17.3 Å². The first-order chi connectivity index (χ1) is 7.78. The minimum atomic E-state index is 0.167. The average Bonchev–Trinajstić information content (AvgIpc) is 2.34. The van der Waals surface area contributed by atoms with Gasteiger partial charge in [0.25, 0.3) is 0 Å². The molecule has 0 amide bonds. The van der Waals surface area contributed by atoms with Gasteiger partial charge in [-0.3, -0.25) is 0 Å². The summed E-state index contributed by atoms with van der Waals surface area (Å²) in [7, 11) is 4.62. The first kappa shape index (κ1) is 12.0. The van der Waals surface area contributed by atoms with E-state index in [1.54, 1.807) is 19.2 Å². The van der Waals surface area contributed by atoms with Crippen LogP contribution in [0.4, 0.5) is 5.69 Å². The number of methoxy groups -OCH3 is 2. The Balaban J connectivity index is 3.36. The largest absolute Gasteiger partial charge is 0.496 e. The molecule has 0 atom stereocenters. The Bertz CT molecular complexity index is 405. The van der Waals surface area contributed by atoms with Gasteiger partial charge in [-0.1, -0.05) is 0 Å². The average molecular weight is 223 g/mol. The summed E-state index contributed by atoms with van der Waals surface area (Å²) in [5, 5.41) is 6.75. The van der Waals surface area contributed by atoms with Crippen molar-refractivity contribution in [2.45, 2.75) is 0 Å². The van der Waals surface area contributed by atoms with Crippen LogP contribution in [0.3, 0.4) is 0 Å². The molecular formula is C10H13N3O3. The number of nitrogens with one attached hydrogen (secondary N) is 1. The maximum Gasteiger partial charge on any atom is 0.162 e. The van der Waals surface area contributed by atoms with Crippen LogP contribution in [0.2, 0.25) is 0 Å². The minimum absolute atomic E-state index is 0.167. The molecule has 0 aliphatic carbocycles. The van der Waals surface area contributed by atoms with Crippen molar-refractivity contribution in [3.05, 3.63) is 22.6 Å². The van der Waals surface area contributed by atoms with Gasteiger partial charge in [0.05, 0.1) is 26.0 Å². The summed E-state index contributed by atoms with van der Waals surface area (Å²) in [4.78, 5) is 10.8. The Morgan fingerprint density at radius 1 is 1.25 bits per heavy atom. The lowest BCUT2D eigenvalue weighted by Crippen LogP contribution is -1.98. The summed E-state index contributed by atoms with van der Waals surface area (Å²) in [5.41, 5.74) is 3.23. The van der Waals surface area contributed by atoms with Crippen molar-refractivity contribution in [2.24, 2.45) is 10.3 Å². The zero-order chi connectivity index (χ0) is 12.0. The Morgan fingerprint density at radius 2 is 1.88 bits per heavy atom. The highest BCUT2D eigenvalue weighted by molar-refractivity contribution is 5.92. The molecule has 1 rings (SSSR count). The van der Waals surface area contributed by atoms with Crippen molar-refractivity contribution < 1.29 is 9.47 Å². The molecule has 16 heavy (non-hydrogen) atoms. The highest BCUT2D eigenvalue weighted by Gasteiger charge is 2.13. The molecule has 0 fully saturated rings. The molecule has 0 saturated heterocycles. The summed E-state index contributed by atoms with van der Waals surface area (Å²) in [5.74, 6) is 0.891. The van der Waals surface area contributed by atoms with E-state index in [1.165, 1.54) is 20.4 Å². The molecule has 86 valence electrons. The van der Waals surface area contributed by atoms with Crippen LogP contribution in [-0.4, -0.2) is 27.5 Å². The van der Waals surface area contributed by atoms with Crippen molar-refractivity contribution >= 4 is 11.9 Å². The Hall–Kier alpha value is -2.11. The Morgan fingerprint density at radius 3 is 2.38 bits per heavy atom. The number of hydrazone groups is 1. The lowest BCUT2D eigenvalue weighted by Gasteiger charge is -2.09. The fraction of sp³-hybridized carbons (Fsp3) is 0.300. The van der Waals surface area contributed by atoms with Crippen LogP contribution in [0, 0.1) is 4.91 Å². The summed E-state index contributed by atoms with van der Waals surface area (Å²) in [6, 6.07) is 3.30. The molecule has 0 bridgehead atoms. The fourth-order valence-electron chi connectivity index (χ4n) is 1.26. The first-order valence-corrected chi connectivity index (χ1v) is 4.56. The number of hydrogen-bond donors (Lipinski definition) is 1. The predicted octanol–water partition coefficient (Wildman–Crippen LogP) is 1.66. The summed E-state index contributed by atoms with van der Waals surface area (Å²) in [6.07, 6.45) is 1.46. The van der Waals surface area contributed by atoms with Crippen molar-refractivity contribution in [3.8, 4) is 11.5 Å². The molecule has 0 aliphatic rings. The van der Waals surface area contributed by atoms with Crippen LogP contribution >= 0.6 is 0 Å². The second-order valence-electron chi connectivity index (χ2n) is 2.81. The number of benzene rings is 1. The third kappa shape index (κ3) is 2.28. The van der Waals surface area contributed by atoms with Gasteiger partial charge in [0.15, 0.2) is 5.69 Å². The maximum absolute atomic E-state index is 10.8.